The summed E-state index contributed by atoms with van der Waals surface area (Å²) in [5, 5.41) is 3.01. The van der Waals surface area contributed by atoms with Gasteiger partial charge in [-0.3, -0.25) is 0 Å². The first-order valence-electron chi connectivity index (χ1n) is 16.6. The molecule has 0 radical (unpaired) electrons. The van der Waals surface area contributed by atoms with E-state index in [0.29, 0.717) is 29.0 Å². The van der Waals surface area contributed by atoms with E-state index in [1.807, 2.05) is 0 Å². The van der Waals surface area contributed by atoms with Crippen LogP contribution in [-0.2, 0) is 12.8 Å². The predicted octanol–water partition coefficient (Wildman–Crippen LogP) is 11.8. The van der Waals surface area contributed by atoms with Crippen molar-refractivity contribution < 1.29 is 0 Å². The van der Waals surface area contributed by atoms with Gasteiger partial charge >= 0.3 is 238 Å². The van der Waals surface area contributed by atoms with Crippen LogP contribution in [0, 0.1) is 0 Å². The van der Waals surface area contributed by atoms with Crippen molar-refractivity contribution in [3.63, 3.8) is 0 Å². The van der Waals surface area contributed by atoms with E-state index in [4.69, 9.17) is 0 Å². The molecule has 6 aromatic rings. The summed E-state index contributed by atoms with van der Waals surface area (Å²) in [4.78, 5) is 0. The zero-order chi connectivity index (χ0) is 30.1. The molecule has 0 aliphatic heterocycles. The Labute approximate surface area is 276 Å². The molecular weight excluding hydrogens is 662 g/mol. The van der Waals surface area contributed by atoms with Crippen LogP contribution in [0.25, 0.3) is 52.1 Å². The van der Waals surface area contributed by atoms with Gasteiger partial charge in [-0.1, -0.05) is 39.5 Å². The first-order valence-corrected chi connectivity index (χ1v) is 20.1. The van der Waals surface area contributed by atoms with Gasteiger partial charge in [0.1, 0.15) is 0 Å². The van der Waals surface area contributed by atoms with E-state index in [0.717, 1.165) is 0 Å². The number of hydrogen-bond donors (Lipinski definition) is 0. The van der Waals surface area contributed by atoms with Crippen LogP contribution in [0.4, 0.5) is 0 Å². The van der Waals surface area contributed by atoms with Crippen LogP contribution in [0.3, 0.4) is 0 Å². The molecule has 0 saturated heterocycles. The van der Waals surface area contributed by atoms with Crippen molar-refractivity contribution in [3.05, 3.63) is 118 Å². The van der Waals surface area contributed by atoms with Gasteiger partial charge in [0, 0.05) is 0 Å². The van der Waals surface area contributed by atoms with Crippen molar-refractivity contribution in [2.45, 2.75) is 78.1 Å². The van der Waals surface area contributed by atoms with Gasteiger partial charge in [0.05, 0.1) is 0 Å². The minimum absolute atomic E-state index is 0.385. The number of rotatable bonds is 14. The minimum atomic E-state index is 0.385. The molecule has 0 aliphatic carbocycles. The zero-order valence-electron chi connectivity index (χ0n) is 26.3. The quantitative estimate of drug-likeness (QED) is 0.0601. The number of fused-ring (bicyclic) bond motifs is 5. The monoisotopic (exact) mass is 708 g/mol. The number of unbranched alkanes of at least 4 members (excludes halogenated alkanes) is 6. The van der Waals surface area contributed by atoms with E-state index in [1.165, 1.54) is 108 Å². The first kappa shape index (κ1) is 31.1. The van der Waals surface area contributed by atoms with Crippen molar-refractivity contribution in [2.24, 2.45) is 0 Å². The van der Waals surface area contributed by atoms with Gasteiger partial charge in [-0.25, -0.2) is 0 Å². The second kappa shape index (κ2) is 15.4. The summed E-state index contributed by atoms with van der Waals surface area (Å²) >= 11 is 0.771. The summed E-state index contributed by atoms with van der Waals surface area (Å²) in [7, 11) is 0. The van der Waals surface area contributed by atoms with Crippen molar-refractivity contribution in [3.8, 4) is 0 Å². The van der Waals surface area contributed by atoms with E-state index >= 15 is 0 Å². The van der Waals surface area contributed by atoms with E-state index in [1.54, 1.807) is 17.0 Å². The Morgan fingerprint density at radius 3 is 1.23 bits per heavy atom. The van der Waals surface area contributed by atoms with Crippen LogP contribution < -0.4 is 0 Å². The summed E-state index contributed by atoms with van der Waals surface area (Å²) in [5.41, 5.74) is 8.11. The van der Waals surface area contributed by atoms with Gasteiger partial charge in [0.15, 0.2) is 0 Å². The Hall–Kier alpha value is -2.86. The molecule has 2 heterocycles. The van der Waals surface area contributed by atoms with Gasteiger partial charge in [-0.2, -0.15) is 0 Å². The average Bonchev–Trinajstić information content (AvgIpc) is 3.59. The van der Waals surface area contributed by atoms with Crippen LogP contribution >= 0.6 is 0 Å². The van der Waals surface area contributed by atoms with Crippen LogP contribution in [0.15, 0.2) is 84.9 Å². The topological polar surface area (TPSA) is 0 Å². The van der Waals surface area contributed by atoms with E-state index in [-0.39, 0.29) is 0 Å². The maximum absolute atomic E-state index is 2.44. The van der Waals surface area contributed by atoms with Crippen LogP contribution in [0.5, 0.6) is 0 Å². The van der Waals surface area contributed by atoms with Crippen molar-refractivity contribution in [2.75, 3.05) is 0 Å². The van der Waals surface area contributed by atoms with Crippen molar-refractivity contribution in [1.29, 1.82) is 0 Å². The number of hydrogen-bond acceptors (Lipinski definition) is 0. The molecule has 2 heteroatoms. The second-order valence-electron chi connectivity index (χ2n) is 12.1. The molecule has 0 spiro atoms. The van der Waals surface area contributed by atoms with Crippen LogP contribution in [0.1, 0.15) is 98.6 Å². The van der Waals surface area contributed by atoms with Crippen LogP contribution in [-0.4, -0.2) is 29.0 Å². The van der Waals surface area contributed by atoms with Gasteiger partial charge in [-0.15, -0.1) is 0 Å². The third-order valence-corrected chi connectivity index (χ3v) is 14.3. The molecule has 0 atom stereocenters. The molecule has 0 N–H and O–H groups in total. The van der Waals surface area contributed by atoms with Gasteiger partial charge in [0.25, 0.3) is 0 Å². The Balaban J connectivity index is 1.12. The Bertz CT molecular complexity index is 1720. The molecule has 44 heavy (non-hydrogen) atoms. The fourth-order valence-corrected chi connectivity index (χ4v) is 12.5. The van der Waals surface area contributed by atoms with Crippen molar-refractivity contribution in [1.82, 2.24) is 0 Å². The summed E-state index contributed by atoms with van der Waals surface area (Å²) in [6.45, 7) is 4.55. The Morgan fingerprint density at radius 2 is 0.818 bits per heavy atom. The standard InChI is InChI=1S/C42H44Se2/c1-3-5-7-9-11-31-13-17-33(18-14-31)21-23-35-25-27-37-39(29-35)43-42-38-28-26-36(30-40(38)44-41(37)42)24-22-34-19-15-32(16-20-34)12-10-8-6-4-2/h13-30H,3-12H2,1-2H3/b23-21+,24-22+. The molecule has 0 amide bonds. The SMILES string of the molecule is CCCCCCc1ccc(/C=C/c2ccc3c(c2)[se]c2c4ccc(/C=C/c5ccc(CCCCCC)cc5)cc4[se]c32)cc1. The fraction of sp³-hybridized carbons (Fsp3) is 0.286. The molecule has 0 bridgehead atoms. The van der Waals surface area contributed by atoms with Crippen LogP contribution in [0.2, 0.25) is 0 Å². The van der Waals surface area contributed by atoms with E-state index < -0.39 is 0 Å². The van der Waals surface area contributed by atoms with Gasteiger partial charge in [0.2, 0.25) is 0 Å². The summed E-state index contributed by atoms with van der Waals surface area (Å²) < 4.78 is 6.36. The van der Waals surface area contributed by atoms with Gasteiger partial charge in [-0.05, 0) is 0 Å². The van der Waals surface area contributed by atoms with Gasteiger partial charge < -0.3 is 0 Å². The molecule has 0 saturated carbocycles. The Kier molecular flexibility index (Phi) is 10.9. The van der Waals surface area contributed by atoms with Crippen molar-refractivity contribution >= 4 is 81.1 Å². The number of aryl methyl sites for hydroxylation is 2. The molecule has 6 rings (SSSR count). The van der Waals surface area contributed by atoms with E-state index in [2.05, 4.69) is 123 Å². The molecular formula is C42H44Se2. The molecule has 0 aliphatic rings. The zero-order valence-corrected chi connectivity index (χ0v) is 29.7. The normalized spacial score (nSPS) is 12.1. The number of benzene rings is 4. The Morgan fingerprint density at radius 1 is 0.432 bits per heavy atom. The molecule has 0 unspecified atom stereocenters. The van der Waals surface area contributed by atoms with E-state index in [9.17, 15) is 0 Å². The molecule has 0 nitrogen and oxygen atoms in total. The molecule has 4 aromatic carbocycles. The third kappa shape index (κ3) is 7.85. The summed E-state index contributed by atoms with van der Waals surface area (Å²) in [5.74, 6) is 0. The molecule has 0 fully saturated rings. The first-order chi connectivity index (χ1) is 21.7. The summed E-state index contributed by atoms with van der Waals surface area (Å²) in [6, 6.07) is 32.6. The molecule has 224 valence electrons. The second-order valence-corrected chi connectivity index (χ2v) is 16.6. The fourth-order valence-electron chi connectivity index (χ4n) is 5.98. The average molecular weight is 707 g/mol. The maximum atomic E-state index is 2.44. The summed E-state index contributed by atoms with van der Waals surface area (Å²) in [6.07, 6.45) is 22.1. The predicted molar refractivity (Wildman–Crippen MR) is 199 cm³/mol. The third-order valence-electron chi connectivity index (χ3n) is 8.66. The molecule has 2 aromatic heterocycles.